The summed E-state index contributed by atoms with van der Waals surface area (Å²) in [4.78, 5) is 12.3. The molecule has 0 fully saturated rings. The molecule has 0 bridgehead atoms. The van der Waals surface area contributed by atoms with Gasteiger partial charge in [-0.25, -0.2) is 13.1 Å². The number of amides is 1. The van der Waals surface area contributed by atoms with Crippen LogP contribution in [0, 0.1) is 11.3 Å². The van der Waals surface area contributed by atoms with Crippen LogP contribution in [0.5, 0.6) is 5.75 Å². The highest BCUT2D eigenvalue weighted by Gasteiger charge is 2.23. The second-order valence-electron chi connectivity index (χ2n) is 5.60. The van der Waals surface area contributed by atoms with Crippen molar-refractivity contribution in [1.82, 2.24) is 4.72 Å². The summed E-state index contributed by atoms with van der Waals surface area (Å²) in [5.74, 6) is -0.680. The van der Waals surface area contributed by atoms with Crippen LogP contribution < -0.4 is 9.46 Å². The number of halogens is 1. The van der Waals surface area contributed by atoms with Gasteiger partial charge in [-0.1, -0.05) is 29.8 Å². The molecular weight excluding hydrogens is 376 g/mol. The predicted molar refractivity (Wildman–Crippen MR) is 96.8 cm³/mol. The third-order valence-electron chi connectivity index (χ3n) is 3.71. The van der Waals surface area contributed by atoms with E-state index in [-0.39, 0.29) is 17.7 Å². The van der Waals surface area contributed by atoms with Crippen molar-refractivity contribution in [3.05, 3.63) is 69.8 Å². The summed E-state index contributed by atoms with van der Waals surface area (Å²) < 4.78 is 32.1. The molecule has 1 amide bonds. The summed E-state index contributed by atoms with van der Waals surface area (Å²) in [7, 11) is -3.97. The quantitative estimate of drug-likeness (QED) is 0.868. The number of nitrogens with zero attached hydrogens (tertiary/aromatic N) is 1. The van der Waals surface area contributed by atoms with Gasteiger partial charge in [0, 0.05) is 10.6 Å². The van der Waals surface area contributed by atoms with Crippen molar-refractivity contribution >= 4 is 33.6 Å². The molecule has 1 N–H and O–H groups in total. The monoisotopic (exact) mass is 388 g/mol. The van der Waals surface area contributed by atoms with Gasteiger partial charge < -0.3 is 4.74 Å². The topological polar surface area (TPSA) is 96.3 Å². The number of nitriles is 1. The fourth-order valence-electron chi connectivity index (χ4n) is 2.48. The molecule has 8 heteroatoms. The van der Waals surface area contributed by atoms with Crippen LogP contribution in [0.4, 0.5) is 0 Å². The van der Waals surface area contributed by atoms with Crippen molar-refractivity contribution in [2.45, 2.75) is 5.75 Å². The van der Waals surface area contributed by atoms with Gasteiger partial charge in [-0.05, 0) is 35.9 Å². The first-order valence-corrected chi connectivity index (χ1v) is 9.57. The Labute approximate surface area is 155 Å². The van der Waals surface area contributed by atoms with Crippen LogP contribution in [-0.4, -0.2) is 20.9 Å². The van der Waals surface area contributed by atoms with E-state index in [0.29, 0.717) is 21.9 Å². The van der Waals surface area contributed by atoms with E-state index in [0.717, 1.165) is 0 Å². The molecule has 0 aliphatic carbocycles. The van der Waals surface area contributed by atoms with Gasteiger partial charge in [0.15, 0.2) is 0 Å². The number of hydrogen-bond donors (Lipinski definition) is 1. The van der Waals surface area contributed by atoms with Crippen LogP contribution in [0.15, 0.2) is 48.0 Å². The van der Waals surface area contributed by atoms with Gasteiger partial charge in [-0.3, -0.25) is 4.79 Å². The fraction of sp³-hybridized carbons (Fsp3) is 0.111. The second kappa shape index (κ2) is 7.20. The van der Waals surface area contributed by atoms with Crippen LogP contribution in [0.2, 0.25) is 5.02 Å². The predicted octanol–water partition coefficient (Wildman–Crippen LogP) is 2.63. The Balaban J connectivity index is 1.78. The zero-order chi connectivity index (χ0) is 18.7. The molecule has 2 aromatic rings. The number of carbonyl (C=O) groups is 1. The van der Waals surface area contributed by atoms with Gasteiger partial charge in [-0.15, -0.1) is 0 Å². The van der Waals surface area contributed by atoms with Crippen molar-refractivity contribution in [1.29, 1.82) is 5.26 Å². The average molecular weight is 389 g/mol. The zero-order valence-corrected chi connectivity index (χ0v) is 15.0. The Hall–Kier alpha value is -2.82. The Bertz CT molecular complexity index is 1060. The standard InChI is InChI=1S/C18H13ClN2O4S/c19-16-5-6-17-14(8-16)7-15(10-25-17)18(22)21-26(23,24)11-13-4-2-1-3-12(13)9-20/h1-8H,10-11H2,(H,21,22). The summed E-state index contributed by atoms with van der Waals surface area (Å²) in [5, 5.41) is 9.53. The minimum atomic E-state index is -3.97. The van der Waals surface area contributed by atoms with E-state index in [2.05, 4.69) is 0 Å². The lowest BCUT2D eigenvalue weighted by Crippen LogP contribution is -2.34. The maximum Gasteiger partial charge on any atom is 0.264 e. The number of hydrogen-bond acceptors (Lipinski definition) is 5. The molecule has 0 saturated heterocycles. The van der Waals surface area contributed by atoms with E-state index in [1.165, 1.54) is 12.1 Å². The lowest BCUT2D eigenvalue weighted by molar-refractivity contribution is -0.116. The fourth-order valence-corrected chi connectivity index (χ4v) is 3.81. The minimum Gasteiger partial charge on any atom is -0.488 e. The number of ether oxygens (including phenoxy) is 1. The highest BCUT2D eigenvalue weighted by molar-refractivity contribution is 7.89. The first kappa shape index (κ1) is 18.0. The van der Waals surface area contributed by atoms with Gasteiger partial charge in [0.05, 0.1) is 23.0 Å². The van der Waals surface area contributed by atoms with E-state index in [4.69, 9.17) is 21.6 Å². The Morgan fingerprint density at radius 3 is 2.81 bits per heavy atom. The second-order valence-corrected chi connectivity index (χ2v) is 7.76. The van der Waals surface area contributed by atoms with Crippen LogP contribution in [-0.2, 0) is 20.6 Å². The molecule has 3 rings (SSSR count). The van der Waals surface area contributed by atoms with Gasteiger partial charge in [0.25, 0.3) is 5.91 Å². The molecule has 132 valence electrons. The molecule has 0 saturated carbocycles. The van der Waals surface area contributed by atoms with Gasteiger partial charge >= 0.3 is 0 Å². The number of carbonyl (C=O) groups excluding carboxylic acids is 1. The normalized spacial score (nSPS) is 13.0. The molecule has 0 atom stereocenters. The highest BCUT2D eigenvalue weighted by Crippen LogP contribution is 2.29. The van der Waals surface area contributed by atoms with Gasteiger partial charge in [0.2, 0.25) is 10.0 Å². The first-order chi connectivity index (χ1) is 12.4. The van der Waals surface area contributed by atoms with Gasteiger partial charge in [0.1, 0.15) is 12.4 Å². The van der Waals surface area contributed by atoms with Gasteiger partial charge in [-0.2, -0.15) is 5.26 Å². The molecule has 0 radical (unpaired) electrons. The van der Waals surface area contributed by atoms with Crippen LogP contribution in [0.1, 0.15) is 16.7 Å². The summed E-state index contributed by atoms with van der Waals surface area (Å²) in [6.45, 7) is -0.0508. The smallest absolute Gasteiger partial charge is 0.264 e. The van der Waals surface area contributed by atoms with E-state index < -0.39 is 21.7 Å². The summed E-state index contributed by atoms with van der Waals surface area (Å²) in [6, 6.07) is 13.2. The molecule has 0 aromatic heterocycles. The molecule has 26 heavy (non-hydrogen) atoms. The lowest BCUT2D eigenvalue weighted by Gasteiger charge is -2.18. The molecule has 1 heterocycles. The average Bonchev–Trinajstić information content (AvgIpc) is 2.60. The van der Waals surface area contributed by atoms with Crippen LogP contribution in [0.25, 0.3) is 6.08 Å². The zero-order valence-electron chi connectivity index (χ0n) is 13.4. The largest absolute Gasteiger partial charge is 0.488 e. The summed E-state index contributed by atoms with van der Waals surface area (Å²) in [5.41, 5.74) is 1.33. The van der Waals surface area contributed by atoms with Crippen LogP contribution >= 0.6 is 11.6 Å². The Morgan fingerprint density at radius 2 is 2.04 bits per heavy atom. The number of sulfonamides is 1. The maximum absolute atomic E-state index is 12.3. The molecule has 0 unspecified atom stereocenters. The molecule has 0 spiro atoms. The van der Waals surface area contributed by atoms with E-state index in [1.807, 2.05) is 10.8 Å². The summed E-state index contributed by atoms with van der Waals surface area (Å²) >= 11 is 5.92. The Kier molecular flexibility index (Phi) is 4.98. The maximum atomic E-state index is 12.3. The van der Waals surface area contributed by atoms with Crippen molar-refractivity contribution in [3.63, 3.8) is 0 Å². The molecule has 6 nitrogen and oxygen atoms in total. The van der Waals surface area contributed by atoms with Crippen molar-refractivity contribution in [2.24, 2.45) is 0 Å². The number of nitrogens with one attached hydrogen (secondary N) is 1. The number of benzene rings is 2. The summed E-state index contributed by atoms with van der Waals surface area (Å²) in [6.07, 6.45) is 1.54. The highest BCUT2D eigenvalue weighted by atomic mass is 35.5. The van der Waals surface area contributed by atoms with E-state index in [1.54, 1.807) is 36.4 Å². The van der Waals surface area contributed by atoms with Crippen molar-refractivity contribution in [2.75, 3.05) is 6.61 Å². The van der Waals surface area contributed by atoms with Crippen LogP contribution in [0.3, 0.4) is 0 Å². The molecule has 1 aliphatic heterocycles. The lowest BCUT2D eigenvalue weighted by atomic mass is 10.1. The minimum absolute atomic E-state index is 0.0508. The van der Waals surface area contributed by atoms with Crippen molar-refractivity contribution in [3.8, 4) is 11.8 Å². The van der Waals surface area contributed by atoms with E-state index in [9.17, 15) is 13.2 Å². The number of fused-ring (bicyclic) bond motifs is 1. The molecular formula is C18H13ClN2O4S. The number of rotatable bonds is 4. The molecule has 1 aliphatic rings. The SMILES string of the molecule is N#Cc1ccccc1CS(=O)(=O)NC(=O)C1=Cc2cc(Cl)ccc2OC1. The third-order valence-corrected chi connectivity index (χ3v) is 5.13. The third kappa shape index (κ3) is 4.04. The van der Waals surface area contributed by atoms with E-state index >= 15 is 0 Å². The first-order valence-electron chi connectivity index (χ1n) is 7.54. The Morgan fingerprint density at radius 1 is 1.27 bits per heavy atom. The molecule has 2 aromatic carbocycles. The van der Waals surface area contributed by atoms with Crippen molar-refractivity contribution < 1.29 is 17.9 Å².